The third-order valence-electron chi connectivity index (χ3n) is 4.89. The van der Waals surface area contributed by atoms with E-state index in [1.165, 1.54) is 23.9 Å². The van der Waals surface area contributed by atoms with Gasteiger partial charge in [0.1, 0.15) is 11.9 Å². The molecule has 0 radical (unpaired) electrons. The van der Waals surface area contributed by atoms with Crippen LogP contribution in [0.2, 0.25) is 0 Å². The molecule has 2 rings (SSSR count). The Morgan fingerprint density at radius 3 is 2.43 bits per heavy atom. The fraction of sp³-hybridized carbons (Fsp3) is 0.417. The van der Waals surface area contributed by atoms with E-state index >= 15 is 0 Å². The quantitative estimate of drug-likeness (QED) is 0.507. The van der Waals surface area contributed by atoms with Crippen LogP contribution in [0, 0.1) is 5.82 Å². The molecule has 0 fully saturated rings. The Bertz CT molecular complexity index is 784. The first-order valence-corrected chi connectivity index (χ1v) is 11.6. The van der Waals surface area contributed by atoms with Gasteiger partial charge in [-0.3, -0.25) is 9.59 Å². The number of unbranched alkanes of at least 4 members (excludes halogenated alkanes) is 1. The van der Waals surface area contributed by atoms with Gasteiger partial charge in [-0.1, -0.05) is 55.8 Å². The number of benzene rings is 2. The molecule has 30 heavy (non-hydrogen) atoms. The van der Waals surface area contributed by atoms with Crippen molar-refractivity contribution in [2.45, 2.75) is 44.9 Å². The van der Waals surface area contributed by atoms with Crippen molar-refractivity contribution in [1.29, 1.82) is 0 Å². The van der Waals surface area contributed by atoms with Gasteiger partial charge in [-0.25, -0.2) is 4.39 Å². The van der Waals surface area contributed by atoms with E-state index in [9.17, 15) is 14.0 Å². The first-order chi connectivity index (χ1) is 14.5. The number of nitrogens with zero attached hydrogens (tertiary/aromatic N) is 1. The topological polar surface area (TPSA) is 49.4 Å². The molecule has 6 heteroatoms. The lowest BCUT2D eigenvalue weighted by Crippen LogP contribution is -2.49. The molecule has 0 aliphatic carbocycles. The second kappa shape index (κ2) is 13.1. The summed E-state index contributed by atoms with van der Waals surface area (Å²) in [5.74, 6) is 0.452. The molecule has 0 aliphatic rings. The highest BCUT2D eigenvalue weighted by Gasteiger charge is 2.25. The van der Waals surface area contributed by atoms with Crippen molar-refractivity contribution in [2.24, 2.45) is 0 Å². The fourth-order valence-corrected chi connectivity index (χ4v) is 3.90. The monoisotopic (exact) mass is 430 g/mol. The van der Waals surface area contributed by atoms with Crippen molar-refractivity contribution in [3.63, 3.8) is 0 Å². The van der Waals surface area contributed by atoms with Gasteiger partial charge in [0.15, 0.2) is 0 Å². The molecule has 2 amide bonds. The van der Waals surface area contributed by atoms with Crippen LogP contribution in [0.1, 0.15) is 37.8 Å². The van der Waals surface area contributed by atoms with Gasteiger partial charge < -0.3 is 10.2 Å². The predicted molar refractivity (Wildman–Crippen MR) is 122 cm³/mol. The molecule has 0 bridgehead atoms. The van der Waals surface area contributed by atoms with Gasteiger partial charge in [0.25, 0.3) is 0 Å². The minimum absolute atomic E-state index is 0.0591. The van der Waals surface area contributed by atoms with Crippen molar-refractivity contribution in [2.75, 3.05) is 18.8 Å². The summed E-state index contributed by atoms with van der Waals surface area (Å²) in [5, 5.41) is 2.93. The molecule has 4 nitrogen and oxygen atoms in total. The maximum absolute atomic E-state index is 13.0. The first kappa shape index (κ1) is 23.9. The van der Waals surface area contributed by atoms with Gasteiger partial charge in [0.2, 0.25) is 11.8 Å². The van der Waals surface area contributed by atoms with Crippen molar-refractivity contribution in [3.05, 3.63) is 71.5 Å². The highest BCUT2D eigenvalue weighted by Crippen LogP contribution is 2.15. The highest BCUT2D eigenvalue weighted by atomic mass is 32.2. The van der Waals surface area contributed by atoms with E-state index < -0.39 is 6.04 Å². The third kappa shape index (κ3) is 8.19. The Kier molecular flexibility index (Phi) is 10.4. The summed E-state index contributed by atoms with van der Waals surface area (Å²) < 4.78 is 13.0. The maximum Gasteiger partial charge on any atom is 0.242 e. The summed E-state index contributed by atoms with van der Waals surface area (Å²) in [4.78, 5) is 27.2. The average Bonchev–Trinajstić information content (AvgIpc) is 2.76. The van der Waals surface area contributed by atoms with Crippen LogP contribution in [0.4, 0.5) is 4.39 Å². The largest absolute Gasteiger partial charge is 0.354 e. The minimum Gasteiger partial charge on any atom is -0.354 e. The summed E-state index contributed by atoms with van der Waals surface area (Å²) >= 11 is 1.48. The number of hydrogen-bond acceptors (Lipinski definition) is 3. The summed E-state index contributed by atoms with van der Waals surface area (Å²) in [6.07, 6.45) is 2.62. The third-order valence-corrected chi connectivity index (χ3v) is 5.88. The Balaban J connectivity index is 1.96. The van der Waals surface area contributed by atoms with Crippen molar-refractivity contribution >= 4 is 23.6 Å². The zero-order valence-corrected chi connectivity index (χ0v) is 18.6. The predicted octanol–water partition coefficient (Wildman–Crippen LogP) is 4.44. The lowest BCUT2D eigenvalue weighted by Gasteiger charge is -2.28. The Hall–Kier alpha value is -2.34. The lowest BCUT2D eigenvalue weighted by molar-refractivity contribution is -0.137. The summed E-state index contributed by atoms with van der Waals surface area (Å²) in [6, 6.07) is 15.7. The standard InChI is InChI=1S/C24H31FN2O2S/c1-3-4-15-26-24(29)19(2)27(16-14-20-8-6-5-7-9-20)23(28)18-30-17-21-10-12-22(25)13-11-21/h5-13,19H,3-4,14-18H2,1-2H3,(H,26,29). The molecule has 0 aromatic heterocycles. The van der Waals surface area contributed by atoms with Gasteiger partial charge in [0, 0.05) is 18.8 Å². The van der Waals surface area contributed by atoms with Crippen LogP contribution in [-0.4, -0.2) is 41.6 Å². The van der Waals surface area contributed by atoms with E-state index in [4.69, 9.17) is 0 Å². The summed E-state index contributed by atoms with van der Waals surface area (Å²) in [6.45, 7) is 4.97. The summed E-state index contributed by atoms with van der Waals surface area (Å²) in [7, 11) is 0. The molecular formula is C24H31FN2O2S. The number of halogens is 1. The zero-order valence-electron chi connectivity index (χ0n) is 17.8. The van der Waals surface area contributed by atoms with Crippen molar-refractivity contribution < 1.29 is 14.0 Å². The average molecular weight is 431 g/mol. The van der Waals surface area contributed by atoms with Crippen LogP contribution < -0.4 is 5.32 Å². The van der Waals surface area contributed by atoms with E-state index in [0.29, 0.717) is 25.3 Å². The lowest BCUT2D eigenvalue weighted by atomic mass is 10.1. The molecule has 162 valence electrons. The van der Waals surface area contributed by atoms with Crippen molar-refractivity contribution in [3.8, 4) is 0 Å². The number of hydrogen-bond donors (Lipinski definition) is 1. The Morgan fingerprint density at radius 2 is 1.77 bits per heavy atom. The fourth-order valence-electron chi connectivity index (χ4n) is 3.03. The van der Waals surface area contributed by atoms with Crippen LogP contribution in [0.5, 0.6) is 0 Å². The van der Waals surface area contributed by atoms with Crippen LogP contribution >= 0.6 is 11.8 Å². The highest BCUT2D eigenvalue weighted by molar-refractivity contribution is 7.99. The molecule has 0 spiro atoms. The molecule has 1 atom stereocenters. The van der Waals surface area contributed by atoms with Crippen LogP contribution in [0.15, 0.2) is 54.6 Å². The molecule has 0 heterocycles. The Labute approximate surface area is 183 Å². The van der Waals surface area contributed by atoms with Gasteiger partial charge in [-0.2, -0.15) is 0 Å². The normalized spacial score (nSPS) is 11.7. The van der Waals surface area contributed by atoms with E-state index in [-0.39, 0.29) is 23.4 Å². The number of rotatable bonds is 12. The molecule has 0 aliphatic heterocycles. The zero-order chi connectivity index (χ0) is 21.8. The number of amides is 2. The van der Waals surface area contributed by atoms with E-state index in [1.807, 2.05) is 30.3 Å². The number of carbonyl (C=O) groups is 2. The second-order valence-corrected chi connectivity index (χ2v) is 8.25. The van der Waals surface area contributed by atoms with Crippen molar-refractivity contribution in [1.82, 2.24) is 10.2 Å². The smallest absolute Gasteiger partial charge is 0.242 e. The number of nitrogens with one attached hydrogen (secondary N) is 1. The number of carbonyl (C=O) groups excluding carboxylic acids is 2. The van der Waals surface area contributed by atoms with E-state index in [1.54, 1.807) is 24.0 Å². The van der Waals surface area contributed by atoms with E-state index in [0.717, 1.165) is 24.0 Å². The second-order valence-electron chi connectivity index (χ2n) is 7.26. The van der Waals surface area contributed by atoms with Gasteiger partial charge in [0.05, 0.1) is 5.75 Å². The molecular weight excluding hydrogens is 399 g/mol. The molecule has 0 saturated heterocycles. The molecule has 1 unspecified atom stereocenters. The van der Waals surface area contributed by atoms with Gasteiger partial charge in [-0.05, 0) is 43.0 Å². The Morgan fingerprint density at radius 1 is 1.07 bits per heavy atom. The summed E-state index contributed by atoms with van der Waals surface area (Å²) in [5.41, 5.74) is 2.10. The minimum atomic E-state index is -0.524. The molecule has 2 aromatic rings. The van der Waals surface area contributed by atoms with Crippen LogP contribution in [-0.2, 0) is 21.8 Å². The first-order valence-electron chi connectivity index (χ1n) is 10.4. The van der Waals surface area contributed by atoms with Gasteiger partial charge >= 0.3 is 0 Å². The van der Waals surface area contributed by atoms with Crippen LogP contribution in [0.25, 0.3) is 0 Å². The maximum atomic E-state index is 13.0. The molecule has 0 saturated carbocycles. The number of thioether (sulfide) groups is 1. The van der Waals surface area contributed by atoms with Gasteiger partial charge in [-0.15, -0.1) is 11.8 Å². The molecule has 2 aromatic carbocycles. The SMILES string of the molecule is CCCCNC(=O)C(C)N(CCc1ccccc1)C(=O)CSCc1ccc(F)cc1. The van der Waals surface area contributed by atoms with Crippen LogP contribution in [0.3, 0.4) is 0 Å². The van der Waals surface area contributed by atoms with E-state index in [2.05, 4.69) is 12.2 Å². The molecule has 1 N–H and O–H groups in total.